The van der Waals surface area contributed by atoms with Crippen molar-refractivity contribution in [2.24, 2.45) is 5.92 Å². The van der Waals surface area contributed by atoms with Gasteiger partial charge >= 0.3 is 0 Å². The van der Waals surface area contributed by atoms with E-state index in [0.29, 0.717) is 9.34 Å². The first-order valence-corrected chi connectivity index (χ1v) is 4.62. The van der Waals surface area contributed by atoms with Gasteiger partial charge in [0, 0.05) is 5.92 Å². The normalized spacial score (nSPS) is 16.8. The largest absolute Gasteiger partial charge is 0.293 e. The van der Waals surface area contributed by atoms with Crippen LogP contribution in [0.15, 0.2) is 6.20 Å². The minimum absolute atomic E-state index is 0.217. The molecule has 0 spiro atoms. The summed E-state index contributed by atoms with van der Waals surface area (Å²) in [7, 11) is 0. The number of hydrogen-bond acceptors (Lipinski definition) is 3. The lowest BCUT2D eigenvalue weighted by atomic mass is 10.2. The van der Waals surface area contributed by atoms with Crippen molar-refractivity contribution in [2.45, 2.75) is 12.8 Å². The molecule has 1 aromatic heterocycles. The van der Waals surface area contributed by atoms with Crippen LogP contribution in [0.25, 0.3) is 0 Å². The Morgan fingerprint density at radius 1 is 1.73 bits per heavy atom. The smallest absolute Gasteiger partial charge is 0.184 e. The van der Waals surface area contributed by atoms with Crippen LogP contribution in [0.1, 0.15) is 22.5 Å². The molecule has 0 aliphatic heterocycles. The maximum Gasteiger partial charge on any atom is 0.184 e. The molecule has 0 amide bonds. The van der Waals surface area contributed by atoms with Crippen LogP contribution in [0.5, 0.6) is 0 Å². The maximum atomic E-state index is 11.3. The lowest BCUT2D eigenvalue weighted by molar-refractivity contribution is 0.0971. The van der Waals surface area contributed by atoms with E-state index in [1.165, 1.54) is 11.3 Å². The van der Waals surface area contributed by atoms with Gasteiger partial charge in [-0.2, -0.15) is 0 Å². The van der Waals surface area contributed by atoms with Crippen LogP contribution in [-0.4, -0.2) is 10.8 Å². The molecule has 0 bridgehead atoms. The highest BCUT2D eigenvalue weighted by atomic mass is 35.5. The van der Waals surface area contributed by atoms with Gasteiger partial charge in [0.1, 0.15) is 0 Å². The molecule has 1 aliphatic carbocycles. The van der Waals surface area contributed by atoms with Crippen LogP contribution in [0.3, 0.4) is 0 Å². The third-order valence-corrected chi connectivity index (χ3v) is 2.80. The number of nitrogens with zero attached hydrogens (tertiary/aromatic N) is 1. The zero-order valence-corrected chi connectivity index (χ0v) is 7.28. The molecule has 0 radical (unpaired) electrons. The molecule has 2 rings (SSSR count). The summed E-state index contributed by atoms with van der Waals surface area (Å²) < 4.78 is 0.453. The predicted molar refractivity (Wildman–Crippen MR) is 44.2 cm³/mol. The van der Waals surface area contributed by atoms with Gasteiger partial charge in [-0.15, -0.1) is 0 Å². The summed E-state index contributed by atoms with van der Waals surface area (Å²) in [5.41, 5.74) is 0. The van der Waals surface area contributed by atoms with Gasteiger partial charge in [0.15, 0.2) is 10.3 Å². The van der Waals surface area contributed by atoms with Gasteiger partial charge in [0.05, 0.1) is 11.1 Å². The summed E-state index contributed by atoms with van der Waals surface area (Å²) in [5.74, 6) is 0.487. The number of ketones is 1. The molecular formula is C7H6ClNOS. The van der Waals surface area contributed by atoms with Gasteiger partial charge in [0.2, 0.25) is 0 Å². The second-order valence-corrected chi connectivity index (χ2v) is 4.23. The fourth-order valence-electron chi connectivity index (χ4n) is 0.913. The van der Waals surface area contributed by atoms with E-state index in [1.54, 1.807) is 6.20 Å². The molecule has 0 unspecified atom stereocenters. The van der Waals surface area contributed by atoms with Crippen molar-refractivity contribution in [1.82, 2.24) is 4.98 Å². The van der Waals surface area contributed by atoms with E-state index in [1.807, 2.05) is 0 Å². The summed E-state index contributed by atoms with van der Waals surface area (Å²) in [6, 6.07) is 0. The third kappa shape index (κ3) is 1.44. The molecule has 0 atom stereocenters. The van der Waals surface area contributed by atoms with E-state index in [-0.39, 0.29) is 11.7 Å². The third-order valence-electron chi connectivity index (χ3n) is 1.67. The lowest BCUT2D eigenvalue weighted by Crippen LogP contribution is -1.96. The van der Waals surface area contributed by atoms with Crippen LogP contribution in [-0.2, 0) is 0 Å². The van der Waals surface area contributed by atoms with Crippen molar-refractivity contribution in [3.8, 4) is 0 Å². The van der Waals surface area contributed by atoms with Crippen LogP contribution in [0.2, 0.25) is 4.47 Å². The molecule has 1 saturated carbocycles. The number of carbonyl (C=O) groups excluding carboxylic acids is 1. The topological polar surface area (TPSA) is 30.0 Å². The van der Waals surface area contributed by atoms with Crippen molar-refractivity contribution in [1.29, 1.82) is 0 Å². The molecule has 0 saturated heterocycles. The first kappa shape index (κ1) is 7.25. The minimum Gasteiger partial charge on any atom is -0.293 e. The molecular weight excluding hydrogens is 182 g/mol. The van der Waals surface area contributed by atoms with E-state index < -0.39 is 0 Å². The van der Waals surface area contributed by atoms with Gasteiger partial charge in [0.25, 0.3) is 0 Å². The van der Waals surface area contributed by atoms with Crippen LogP contribution < -0.4 is 0 Å². The fourth-order valence-corrected chi connectivity index (χ4v) is 1.87. The van der Waals surface area contributed by atoms with E-state index in [4.69, 9.17) is 11.6 Å². The number of thiazole rings is 1. The maximum absolute atomic E-state index is 11.3. The molecule has 2 nitrogen and oxygen atoms in total. The van der Waals surface area contributed by atoms with Crippen LogP contribution >= 0.6 is 22.9 Å². The summed E-state index contributed by atoms with van der Waals surface area (Å²) in [6.45, 7) is 0. The highest BCUT2D eigenvalue weighted by Crippen LogP contribution is 2.34. The fraction of sp³-hybridized carbons (Fsp3) is 0.429. The highest BCUT2D eigenvalue weighted by Gasteiger charge is 2.31. The minimum atomic E-state index is 0.217. The van der Waals surface area contributed by atoms with Crippen molar-refractivity contribution < 1.29 is 4.79 Å². The SMILES string of the molecule is O=C(c1cnc(Cl)s1)C1CC1. The molecule has 4 heteroatoms. The summed E-state index contributed by atoms with van der Waals surface area (Å²) >= 11 is 6.85. The molecule has 1 aromatic rings. The van der Waals surface area contributed by atoms with Crippen LogP contribution in [0, 0.1) is 5.92 Å². The standard InChI is InChI=1S/C7H6ClNOS/c8-7-9-3-5(11-7)6(10)4-1-2-4/h3-4H,1-2H2. The molecule has 58 valence electrons. The van der Waals surface area contributed by atoms with E-state index >= 15 is 0 Å². The molecule has 0 N–H and O–H groups in total. The Balaban J connectivity index is 2.21. The number of hydrogen-bond donors (Lipinski definition) is 0. The Labute approximate surface area is 73.2 Å². The number of rotatable bonds is 2. The lowest BCUT2D eigenvalue weighted by Gasteiger charge is -1.87. The van der Waals surface area contributed by atoms with Gasteiger partial charge in [-0.25, -0.2) is 4.98 Å². The first-order chi connectivity index (χ1) is 5.27. The second-order valence-electron chi connectivity index (χ2n) is 2.62. The summed E-state index contributed by atoms with van der Waals surface area (Å²) in [4.78, 5) is 15.8. The van der Waals surface area contributed by atoms with E-state index in [9.17, 15) is 4.79 Å². The Kier molecular flexibility index (Phi) is 1.69. The number of carbonyl (C=O) groups is 1. The van der Waals surface area contributed by atoms with Gasteiger partial charge in [-0.3, -0.25) is 4.79 Å². The first-order valence-electron chi connectivity index (χ1n) is 3.43. The van der Waals surface area contributed by atoms with E-state index in [0.717, 1.165) is 12.8 Å². The second kappa shape index (κ2) is 2.57. The Morgan fingerprint density at radius 3 is 2.91 bits per heavy atom. The molecule has 0 aromatic carbocycles. The monoisotopic (exact) mass is 187 g/mol. The Morgan fingerprint density at radius 2 is 2.45 bits per heavy atom. The molecule has 11 heavy (non-hydrogen) atoms. The summed E-state index contributed by atoms with van der Waals surface area (Å²) in [5, 5.41) is 0. The van der Waals surface area contributed by atoms with Gasteiger partial charge < -0.3 is 0 Å². The molecule has 1 heterocycles. The van der Waals surface area contributed by atoms with Crippen LogP contribution in [0.4, 0.5) is 0 Å². The number of halogens is 1. The zero-order chi connectivity index (χ0) is 7.84. The molecule has 1 fully saturated rings. The number of aromatic nitrogens is 1. The van der Waals surface area contributed by atoms with E-state index in [2.05, 4.69) is 4.98 Å². The van der Waals surface area contributed by atoms with Gasteiger partial charge in [-0.1, -0.05) is 22.9 Å². The number of Topliss-reactive ketones (excluding diaryl/α,β-unsaturated/α-hetero) is 1. The highest BCUT2D eigenvalue weighted by molar-refractivity contribution is 7.17. The predicted octanol–water partition coefficient (Wildman–Crippen LogP) is 2.39. The zero-order valence-electron chi connectivity index (χ0n) is 5.71. The van der Waals surface area contributed by atoms with Crippen molar-refractivity contribution in [3.05, 3.63) is 15.5 Å². The quantitative estimate of drug-likeness (QED) is 0.666. The van der Waals surface area contributed by atoms with Crippen molar-refractivity contribution in [3.63, 3.8) is 0 Å². The van der Waals surface area contributed by atoms with Crippen molar-refractivity contribution in [2.75, 3.05) is 0 Å². The summed E-state index contributed by atoms with van der Waals surface area (Å²) in [6.07, 6.45) is 3.64. The van der Waals surface area contributed by atoms with Crippen molar-refractivity contribution >= 4 is 28.7 Å². The molecule has 1 aliphatic rings. The average Bonchev–Trinajstić information content (AvgIpc) is 2.74. The Hall–Kier alpha value is -0.410. The van der Waals surface area contributed by atoms with Gasteiger partial charge in [-0.05, 0) is 12.8 Å². The Bertz CT molecular complexity index is 292. The average molecular weight is 188 g/mol.